The molecule has 0 amide bonds. The molecule has 0 spiro atoms. The summed E-state index contributed by atoms with van der Waals surface area (Å²) in [4.78, 5) is 32.4. The first-order valence-corrected chi connectivity index (χ1v) is 4.15. The van der Waals surface area contributed by atoms with Gasteiger partial charge in [-0.25, -0.2) is 19.9 Å². The molecule has 0 aliphatic rings. The maximum Gasteiger partial charge on any atom is 0.373 e. The lowest BCUT2D eigenvalue weighted by atomic mass is 10.4. The molecule has 0 saturated carbocycles. The predicted molar refractivity (Wildman–Crippen MR) is 49.5 cm³/mol. The average Bonchev–Trinajstić information content (AvgIpc) is 2.29. The first kappa shape index (κ1) is 9.36. The number of aryl methyl sites for hydroxylation is 1. The van der Waals surface area contributed by atoms with Gasteiger partial charge in [-0.15, -0.1) is 0 Å². The van der Waals surface area contributed by atoms with Crippen LogP contribution in [0.3, 0.4) is 0 Å². The van der Waals surface area contributed by atoms with Crippen LogP contribution in [-0.2, 0) is 16.0 Å². The molecule has 0 N–H and O–H groups in total. The van der Waals surface area contributed by atoms with Gasteiger partial charge in [0.25, 0.3) is 0 Å². The first-order chi connectivity index (χ1) is 7.71. The average molecular weight is 205 g/mol. The molecule has 76 valence electrons. The Kier molecular flexibility index (Phi) is 3.44. The van der Waals surface area contributed by atoms with E-state index in [0.717, 1.165) is 12.2 Å². The van der Waals surface area contributed by atoms with Gasteiger partial charge in [-0.2, -0.15) is 9.59 Å². The van der Waals surface area contributed by atoms with E-state index in [1.165, 1.54) is 6.20 Å². The highest BCUT2D eigenvalue weighted by Gasteiger charge is 1.97. The minimum atomic E-state index is 0.133. The van der Waals surface area contributed by atoms with Crippen molar-refractivity contribution in [1.82, 2.24) is 19.9 Å². The van der Waals surface area contributed by atoms with Gasteiger partial charge in [0.15, 0.2) is 5.65 Å². The molecule has 0 aliphatic heterocycles. The molecule has 2 aromatic heterocycles. The smallest absolute Gasteiger partial charge is 0.250 e. The van der Waals surface area contributed by atoms with E-state index in [0.29, 0.717) is 11.2 Å². The molecular weight excluding hydrogens is 196 g/mol. The lowest BCUT2D eigenvalue weighted by Crippen LogP contribution is -1.94. The van der Waals surface area contributed by atoms with Crippen LogP contribution < -0.4 is 0 Å². The molecule has 0 aromatic carbocycles. The molecular formula is C9H8N4O2. The summed E-state index contributed by atoms with van der Waals surface area (Å²) in [5.41, 5.74) is 1.13. The molecule has 2 aromatic rings. The largest absolute Gasteiger partial charge is 0.373 e. The number of aromatic nitrogens is 4. The summed E-state index contributed by atoms with van der Waals surface area (Å²) in [6.07, 6.45) is 4.17. The van der Waals surface area contributed by atoms with Gasteiger partial charge in [-0.05, 0) is 0 Å². The lowest BCUT2D eigenvalue weighted by Gasteiger charge is -1.95. The zero-order chi connectivity index (χ0) is 12.0. The normalized spacial score (nSPS) is 9.80. The van der Waals surface area contributed by atoms with Crippen molar-refractivity contribution in [2.75, 3.05) is 0 Å². The van der Waals surface area contributed by atoms with Crippen LogP contribution >= 0.6 is 0 Å². The van der Waals surface area contributed by atoms with Crippen LogP contribution in [0.5, 0.6) is 0 Å². The van der Waals surface area contributed by atoms with Gasteiger partial charge in [0.2, 0.25) is 0 Å². The van der Waals surface area contributed by atoms with E-state index in [4.69, 9.17) is 11.0 Å². The van der Waals surface area contributed by atoms with Crippen molar-refractivity contribution in [2.45, 2.75) is 13.3 Å². The number of hydrogen-bond donors (Lipinski definition) is 0. The van der Waals surface area contributed by atoms with Crippen LogP contribution in [0, 0.1) is 0 Å². The second-order valence-corrected chi connectivity index (χ2v) is 2.43. The van der Waals surface area contributed by atoms with Crippen molar-refractivity contribution in [3.63, 3.8) is 0 Å². The number of carbonyl (C=O) groups excluding carboxylic acids is 2. The zero-order valence-electron chi connectivity index (χ0n) is 8.97. The second kappa shape index (κ2) is 5.51. The van der Waals surface area contributed by atoms with Crippen LogP contribution in [0.4, 0.5) is 0 Å². The van der Waals surface area contributed by atoms with Crippen molar-refractivity contribution in [3.05, 3.63) is 24.4 Å². The van der Waals surface area contributed by atoms with Crippen LogP contribution in [0.25, 0.3) is 11.2 Å². The topological polar surface area (TPSA) is 85.7 Å². The maximum atomic E-state index is 8.12. The Labute approximate surface area is 86.8 Å². The van der Waals surface area contributed by atoms with Gasteiger partial charge in [0.1, 0.15) is 11.3 Å². The van der Waals surface area contributed by atoms with Gasteiger partial charge in [0, 0.05) is 18.8 Å². The van der Waals surface area contributed by atoms with Crippen LogP contribution in [-0.4, -0.2) is 26.1 Å². The summed E-state index contributed by atoms with van der Waals surface area (Å²) in [6.45, 7) is 1.97. The molecule has 0 radical (unpaired) electrons. The Hall–Kier alpha value is -2.20. The van der Waals surface area contributed by atoms with Gasteiger partial charge < -0.3 is 0 Å². The van der Waals surface area contributed by atoms with Gasteiger partial charge >= 0.3 is 6.15 Å². The fourth-order valence-electron chi connectivity index (χ4n) is 0.934. The zero-order valence-corrected chi connectivity index (χ0v) is 7.97. The fourth-order valence-corrected chi connectivity index (χ4v) is 0.934. The van der Waals surface area contributed by atoms with E-state index in [1.807, 2.05) is 6.92 Å². The molecule has 6 heteroatoms. The molecule has 6 nitrogen and oxygen atoms in total. The summed E-state index contributed by atoms with van der Waals surface area (Å²) < 4.78 is 7.27. The Bertz CT molecular complexity index is 526. The Balaban J connectivity index is 0.000000386. The standard InChI is InChI=1S/C8H8N4.CO2/c1-2-7-11-5-6-8(12-7)10-4-3-9-6;2-1-3/h3-5H,2H2,1H3;/i4D;. The van der Waals surface area contributed by atoms with Crippen LogP contribution in [0.15, 0.2) is 18.6 Å². The summed E-state index contributed by atoms with van der Waals surface area (Å²) in [5, 5.41) is 0. The monoisotopic (exact) mass is 205 g/mol. The minimum absolute atomic E-state index is 0.133. The van der Waals surface area contributed by atoms with E-state index in [9.17, 15) is 0 Å². The van der Waals surface area contributed by atoms with Gasteiger partial charge in [0.05, 0.1) is 7.57 Å². The number of fused-ring (bicyclic) bond motifs is 1. The Morgan fingerprint density at radius 2 is 2.13 bits per heavy atom. The molecule has 0 aliphatic carbocycles. The lowest BCUT2D eigenvalue weighted by molar-refractivity contribution is -0.191. The summed E-state index contributed by atoms with van der Waals surface area (Å²) in [6, 6.07) is 0. The molecule has 2 heterocycles. The second-order valence-electron chi connectivity index (χ2n) is 2.43. The van der Waals surface area contributed by atoms with Crippen molar-refractivity contribution in [2.24, 2.45) is 0 Å². The van der Waals surface area contributed by atoms with E-state index < -0.39 is 0 Å². The molecule has 0 atom stereocenters. The number of nitrogens with zero attached hydrogens (tertiary/aromatic N) is 4. The summed E-state index contributed by atoms with van der Waals surface area (Å²) in [7, 11) is 0. The first-order valence-electron chi connectivity index (χ1n) is 4.65. The minimum Gasteiger partial charge on any atom is -0.250 e. The molecule has 0 fully saturated rings. The number of hydrogen-bond acceptors (Lipinski definition) is 6. The molecule has 0 saturated heterocycles. The highest BCUT2D eigenvalue weighted by atomic mass is 16.2. The van der Waals surface area contributed by atoms with Gasteiger partial charge in [-0.3, -0.25) is 0 Å². The van der Waals surface area contributed by atoms with Gasteiger partial charge in [-0.1, -0.05) is 6.92 Å². The van der Waals surface area contributed by atoms with Crippen LogP contribution in [0.1, 0.15) is 14.1 Å². The van der Waals surface area contributed by atoms with E-state index >= 15 is 0 Å². The SMILES string of the molecule is O=C=O.[2H]c1cnc2cnc(CC)nc2n1. The Morgan fingerprint density at radius 3 is 2.80 bits per heavy atom. The van der Waals surface area contributed by atoms with E-state index in [-0.39, 0.29) is 12.3 Å². The van der Waals surface area contributed by atoms with E-state index in [2.05, 4.69) is 19.9 Å². The maximum absolute atomic E-state index is 8.12. The van der Waals surface area contributed by atoms with E-state index in [1.54, 1.807) is 6.20 Å². The third kappa shape index (κ3) is 2.89. The highest BCUT2D eigenvalue weighted by molar-refractivity contribution is 5.67. The third-order valence-electron chi connectivity index (χ3n) is 1.55. The highest BCUT2D eigenvalue weighted by Crippen LogP contribution is 2.02. The predicted octanol–water partition coefficient (Wildman–Crippen LogP) is 0.399. The number of rotatable bonds is 1. The van der Waals surface area contributed by atoms with Crippen molar-refractivity contribution in [3.8, 4) is 0 Å². The molecule has 0 bridgehead atoms. The van der Waals surface area contributed by atoms with Crippen molar-refractivity contribution < 1.29 is 11.0 Å². The van der Waals surface area contributed by atoms with Crippen molar-refractivity contribution >= 4 is 17.3 Å². The van der Waals surface area contributed by atoms with Crippen molar-refractivity contribution in [1.29, 1.82) is 0 Å². The molecule has 2 rings (SSSR count). The Morgan fingerprint density at radius 1 is 1.40 bits per heavy atom. The molecule has 15 heavy (non-hydrogen) atoms. The summed E-state index contributed by atoms with van der Waals surface area (Å²) in [5.74, 6) is 0.729. The van der Waals surface area contributed by atoms with Crippen LogP contribution in [0.2, 0.25) is 0 Å². The summed E-state index contributed by atoms with van der Waals surface area (Å²) >= 11 is 0. The third-order valence-corrected chi connectivity index (χ3v) is 1.55. The quantitative estimate of drug-likeness (QED) is 0.669. The molecule has 0 unspecified atom stereocenters. The fraction of sp³-hybridized carbons (Fsp3) is 0.222.